The highest BCUT2D eigenvalue weighted by atomic mass is 35.5. The number of nitrogens with zero attached hydrogens (tertiary/aromatic N) is 1. The van der Waals surface area contributed by atoms with Gasteiger partial charge in [0.2, 0.25) is 0 Å². The second-order valence-corrected chi connectivity index (χ2v) is 7.19. The molecule has 4 aromatic rings. The molecule has 6 nitrogen and oxygen atoms in total. The second kappa shape index (κ2) is 7.26. The molecule has 146 valence electrons. The summed E-state index contributed by atoms with van der Waals surface area (Å²) in [7, 11) is 0. The van der Waals surface area contributed by atoms with Crippen LogP contribution in [-0.4, -0.2) is 22.0 Å². The first kappa shape index (κ1) is 19.0. The van der Waals surface area contributed by atoms with Gasteiger partial charge in [0.15, 0.2) is 11.4 Å². The van der Waals surface area contributed by atoms with E-state index in [9.17, 15) is 23.5 Å². The lowest BCUT2D eigenvalue weighted by Gasteiger charge is -2.04. The van der Waals surface area contributed by atoms with E-state index in [4.69, 9.17) is 16.0 Å². The van der Waals surface area contributed by atoms with Crippen molar-refractivity contribution in [1.82, 2.24) is 4.98 Å². The van der Waals surface area contributed by atoms with Crippen LogP contribution in [0.25, 0.3) is 22.2 Å². The Morgan fingerprint density at radius 3 is 2.59 bits per heavy atom. The zero-order valence-electron chi connectivity index (χ0n) is 14.2. The highest BCUT2D eigenvalue weighted by Crippen LogP contribution is 2.36. The number of carbonyl (C=O) groups excluding carboxylic acids is 1. The third-order valence-electron chi connectivity index (χ3n) is 3.99. The molecule has 4 rings (SSSR count). The molecule has 0 fully saturated rings. The molecule has 1 amide bonds. The lowest BCUT2D eigenvalue weighted by atomic mass is 10.0. The number of benzene rings is 2. The summed E-state index contributed by atoms with van der Waals surface area (Å²) in [4.78, 5) is 28.0. The summed E-state index contributed by atoms with van der Waals surface area (Å²) in [6, 6.07) is 8.05. The summed E-state index contributed by atoms with van der Waals surface area (Å²) in [6.07, 6.45) is 0. The minimum atomic E-state index is -1.25. The largest absolute Gasteiger partial charge is 0.478 e. The number of hydrogen-bond donors (Lipinski definition) is 2. The van der Waals surface area contributed by atoms with Crippen LogP contribution in [0.5, 0.6) is 0 Å². The van der Waals surface area contributed by atoms with Crippen molar-refractivity contribution < 1.29 is 27.9 Å². The molecular formula is C19H9ClF2N2O4S. The Labute approximate surface area is 170 Å². The van der Waals surface area contributed by atoms with Crippen LogP contribution in [0.2, 0.25) is 5.02 Å². The molecule has 0 spiro atoms. The molecule has 0 aliphatic rings. The summed E-state index contributed by atoms with van der Waals surface area (Å²) in [5.74, 6) is -4.53. The maximum absolute atomic E-state index is 13.8. The van der Waals surface area contributed by atoms with Crippen molar-refractivity contribution in [2.24, 2.45) is 0 Å². The van der Waals surface area contributed by atoms with E-state index in [2.05, 4.69) is 10.3 Å². The maximum Gasteiger partial charge on any atom is 0.339 e. The van der Waals surface area contributed by atoms with Crippen LogP contribution in [-0.2, 0) is 0 Å². The lowest BCUT2D eigenvalue weighted by Crippen LogP contribution is -2.13. The molecule has 0 radical (unpaired) electrons. The van der Waals surface area contributed by atoms with Crippen molar-refractivity contribution in [2.75, 3.05) is 5.32 Å². The number of oxazole rings is 1. The first-order valence-corrected chi connectivity index (χ1v) is 9.27. The number of amides is 1. The van der Waals surface area contributed by atoms with Crippen molar-refractivity contribution in [3.63, 3.8) is 0 Å². The van der Waals surface area contributed by atoms with Crippen molar-refractivity contribution in [3.8, 4) is 11.1 Å². The maximum atomic E-state index is 13.8. The predicted molar refractivity (Wildman–Crippen MR) is 104 cm³/mol. The van der Waals surface area contributed by atoms with Gasteiger partial charge in [-0.2, -0.15) is 0 Å². The number of anilines is 1. The number of aromatic carboxylic acids is 1. The van der Waals surface area contributed by atoms with Crippen LogP contribution in [0, 0.1) is 11.6 Å². The zero-order chi connectivity index (χ0) is 20.7. The number of halogens is 3. The Kier molecular flexibility index (Phi) is 4.77. The third-order valence-corrected chi connectivity index (χ3v) is 5.14. The fourth-order valence-corrected chi connectivity index (χ4v) is 3.80. The van der Waals surface area contributed by atoms with Gasteiger partial charge in [-0.3, -0.25) is 4.79 Å². The molecule has 2 aromatic carbocycles. The molecule has 0 saturated heterocycles. The third kappa shape index (κ3) is 3.57. The van der Waals surface area contributed by atoms with Gasteiger partial charge in [0.1, 0.15) is 21.9 Å². The molecule has 0 atom stereocenters. The number of carboxylic acid groups (broad SMARTS) is 1. The van der Waals surface area contributed by atoms with Gasteiger partial charge < -0.3 is 14.8 Å². The summed E-state index contributed by atoms with van der Waals surface area (Å²) in [5, 5.41) is 14.1. The Morgan fingerprint density at radius 2 is 1.90 bits per heavy atom. The number of carboxylic acids is 1. The van der Waals surface area contributed by atoms with Crippen LogP contribution in [0.1, 0.15) is 21.0 Å². The van der Waals surface area contributed by atoms with E-state index in [1.807, 2.05) is 0 Å². The molecular weight excluding hydrogens is 426 g/mol. The van der Waals surface area contributed by atoms with E-state index in [-0.39, 0.29) is 21.7 Å². The average Bonchev–Trinajstić information content (AvgIpc) is 3.27. The number of hydrogen-bond acceptors (Lipinski definition) is 5. The van der Waals surface area contributed by atoms with Gasteiger partial charge >= 0.3 is 11.9 Å². The lowest BCUT2D eigenvalue weighted by molar-refractivity contribution is 0.0699. The average molecular weight is 435 g/mol. The summed E-state index contributed by atoms with van der Waals surface area (Å²) in [6.45, 7) is 0. The fourth-order valence-electron chi connectivity index (χ4n) is 2.72. The van der Waals surface area contributed by atoms with Gasteiger partial charge in [0, 0.05) is 28.1 Å². The zero-order valence-corrected chi connectivity index (χ0v) is 15.8. The van der Waals surface area contributed by atoms with Gasteiger partial charge in [-0.1, -0.05) is 23.7 Å². The SMILES string of the molecule is O=C(Nc1scc(-c2ccc(Cl)cc2)c1C(=O)O)c1nc2c(F)cc(F)cc2o1. The number of aromatic nitrogens is 1. The molecule has 0 aliphatic carbocycles. The fraction of sp³-hybridized carbons (Fsp3) is 0. The van der Waals surface area contributed by atoms with Crippen molar-refractivity contribution >= 4 is 50.9 Å². The van der Waals surface area contributed by atoms with E-state index in [0.717, 1.165) is 17.4 Å². The molecule has 0 unspecified atom stereocenters. The summed E-state index contributed by atoms with van der Waals surface area (Å²) < 4.78 is 32.2. The van der Waals surface area contributed by atoms with Crippen molar-refractivity contribution in [1.29, 1.82) is 0 Å². The molecule has 0 aliphatic heterocycles. The predicted octanol–water partition coefficient (Wildman–Crippen LogP) is 5.44. The number of fused-ring (bicyclic) bond motifs is 1. The van der Waals surface area contributed by atoms with E-state index >= 15 is 0 Å². The Balaban J connectivity index is 1.69. The minimum absolute atomic E-state index is 0.0429. The number of nitrogens with one attached hydrogen (secondary N) is 1. The van der Waals surface area contributed by atoms with Crippen molar-refractivity contribution in [3.05, 3.63) is 69.9 Å². The van der Waals surface area contributed by atoms with Crippen LogP contribution in [0.4, 0.5) is 13.8 Å². The summed E-state index contributed by atoms with van der Waals surface area (Å²) in [5.41, 5.74) is 0.323. The van der Waals surface area contributed by atoms with Gasteiger partial charge in [0.25, 0.3) is 5.89 Å². The normalized spacial score (nSPS) is 11.0. The quantitative estimate of drug-likeness (QED) is 0.446. The molecule has 29 heavy (non-hydrogen) atoms. The molecule has 0 saturated carbocycles. The van der Waals surface area contributed by atoms with Gasteiger partial charge in [-0.25, -0.2) is 18.6 Å². The second-order valence-electron chi connectivity index (χ2n) is 5.87. The van der Waals surface area contributed by atoms with E-state index < -0.39 is 29.4 Å². The van der Waals surface area contributed by atoms with E-state index in [1.54, 1.807) is 29.6 Å². The Hall–Kier alpha value is -3.30. The molecule has 2 aromatic heterocycles. The Bertz CT molecular complexity index is 1270. The van der Waals surface area contributed by atoms with Crippen LogP contribution >= 0.6 is 22.9 Å². The van der Waals surface area contributed by atoms with Gasteiger partial charge in [0.05, 0.1) is 0 Å². The standard InChI is InChI=1S/C19H9ClF2N2O4S/c20-9-3-1-8(2-4-9)11-7-29-18(14(11)19(26)27)24-16(25)17-23-15-12(22)5-10(21)6-13(15)28-17/h1-7H,(H,24,25)(H,26,27). The molecule has 10 heteroatoms. The van der Waals surface area contributed by atoms with E-state index in [1.165, 1.54) is 0 Å². The Morgan fingerprint density at radius 1 is 1.17 bits per heavy atom. The summed E-state index contributed by atoms with van der Waals surface area (Å²) >= 11 is 6.85. The highest BCUT2D eigenvalue weighted by Gasteiger charge is 2.24. The van der Waals surface area contributed by atoms with Crippen LogP contribution < -0.4 is 5.32 Å². The molecule has 2 heterocycles. The minimum Gasteiger partial charge on any atom is -0.478 e. The monoisotopic (exact) mass is 434 g/mol. The number of carbonyl (C=O) groups is 2. The van der Waals surface area contributed by atoms with Crippen molar-refractivity contribution in [2.45, 2.75) is 0 Å². The first-order chi connectivity index (χ1) is 13.8. The smallest absolute Gasteiger partial charge is 0.339 e. The molecule has 2 N–H and O–H groups in total. The molecule has 0 bridgehead atoms. The van der Waals surface area contributed by atoms with Crippen LogP contribution in [0.15, 0.2) is 46.2 Å². The number of thiophene rings is 1. The van der Waals surface area contributed by atoms with Crippen LogP contribution in [0.3, 0.4) is 0 Å². The highest BCUT2D eigenvalue weighted by molar-refractivity contribution is 7.15. The van der Waals surface area contributed by atoms with Gasteiger partial charge in [-0.15, -0.1) is 11.3 Å². The first-order valence-electron chi connectivity index (χ1n) is 8.01. The van der Waals surface area contributed by atoms with Gasteiger partial charge in [-0.05, 0) is 17.7 Å². The number of rotatable bonds is 4. The topological polar surface area (TPSA) is 92.4 Å². The van der Waals surface area contributed by atoms with E-state index in [0.29, 0.717) is 22.2 Å².